The van der Waals surface area contributed by atoms with Gasteiger partial charge in [-0.25, -0.2) is 0 Å². The number of benzene rings is 2. The molecule has 0 aliphatic rings. The van der Waals surface area contributed by atoms with Gasteiger partial charge in [0.1, 0.15) is 11.5 Å². The van der Waals surface area contributed by atoms with Crippen molar-refractivity contribution < 1.29 is 14.6 Å². The lowest BCUT2D eigenvalue weighted by Gasteiger charge is -2.15. The molecule has 4 nitrogen and oxygen atoms in total. The Labute approximate surface area is 139 Å². The van der Waals surface area contributed by atoms with E-state index in [1.165, 1.54) is 6.92 Å². The highest BCUT2D eigenvalue weighted by Crippen LogP contribution is 2.46. The maximum Gasteiger partial charge on any atom is 0.221 e. The van der Waals surface area contributed by atoms with Gasteiger partial charge in [0, 0.05) is 22.5 Å². The van der Waals surface area contributed by atoms with E-state index in [0.717, 1.165) is 5.56 Å². The zero-order valence-corrected chi connectivity index (χ0v) is 14.6. The van der Waals surface area contributed by atoms with E-state index in [9.17, 15) is 9.90 Å². The predicted molar refractivity (Wildman–Crippen MR) is 89.8 cm³/mol. The molecule has 0 fully saturated rings. The molecule has 0 bridgehead atoms. The second-order valence-electron chi connectivity index (χ2n) is 4.33. The molecule has 2 N–H and O–H groups in total. The summed E-state index contributed by atoms with van der Waals surface area (Å²) >= 11 is 6.73. The number of halogens is 2. The Morgan fingerprint density at radius 3 is 2.52 bits per heavy atom. The molecule has 0 spiro atoms. The fourth-order valence-electron chi connectivity index (χ4n) is 1.97. The van der Waals surface area contributed by atoms with Crippen LogP contribution in [0.5, 0.6) is 11.5 Å². The number of hydrogen-bond acceptors (Lipinski definition) is 3. The molecule has 0 aliphatic heterocycles. The quantitative estimate of drug-likeness (QED) is 0.774. The fourth-order valence-corrected chi connectivity index (χ4v) is 3.29. The highest BCUT2D eigenvalue weighted by atomic mass is 79.9. The van der Waals surface area contributed by atoms with Crippen molar-refractivity contribution in [1.29, 1.82) is 0 Å². The van der Waals surface area contributed by atoms with Crippen LogP contribution in [0.25, 0.3) is 11.1 Å². The van der Waals surface area contributed by atoms with Gasteiger partial charge in [-0.15, -0.1) is 0 Å². The van der Waals surface area contributed by atoms with Crippen LogP contribution in [0.2, 0.25) is 0 Å². The van der Waals surface area contributed by atoms with Gasteiger partial charge in [-0.1, -0.05) is 18.2 Å². The van der Waals surface area contributed by atoms with Gasteiger partial charge < -0.3 is 15.2 Å². The Morgan fingerprint density at radius 1 is 1.24 bits per heavy atom. The van der Waals surface area contributed by atoms with Crippen LogP contribution in [0.4, 0.5) is 5.69 Å². The third kappa shape index (κ3) is 3.22. The van der Waals surface area contributed by atoms with Crippen LogP contribution in [0, 0.1) is 0 Å². The van der Waals surface area contributed by atoms with Gasteiger partial charge in [0.05, 0.1) is 17.3 Å². The van der Waals surface area contributed by atoms with Crippen molar-refractivity contribution in [3.8, 4) is 22.6 Å². The number of carbonyl (C=O) groups is 1. The number of aromatic hydroxyl groups is 1. The number of ether oxygens (including phenoxy) is 1. The molecule has 0 aromatic heterocycles. The van der Waals surface area contributed by atoms with Crippen LogP contribution in [-0.4, -0.2) is 18.1 Å². The van der Waals surface area contributed by atoms with E-state index in [-0.39, 0.29) is 11.7 Å². The number of phenolic OH excluding ortho intramolecular Hbond substituents is 1. The van der Waals surface area contributed by atoms with Crippen molar-refractivity contribution >= 4 is 43.5 Å². The smallest absolute Gasteiger partial charge is 0.221 e. The van der Waals surface area contributed by atoms with E-state index < -0.39 is 0 Å². The summed E-state index contributed by atoms with van der Waals surface area (Å²) in [5.41, 5.74) is 1.84. The van der Waals surface area contributed by atoms with E-state index >= 15 is 0 Å². The van der Waals surface area contributed by atoms with Crippen molar-refractivity contribution in [1.82, 2.24) is 0 Å². The first-order valence-corrected chi connectivity index (χ1v) is 7.66. The highest BCUT2D eigenvalue weighted by Gasteiger charge is 2.18. The number of hydrogen-bond donors (Lipinski definition) is 2. The molecule has 110 valence electrons. The molecule has 0 aliphatic carbocycles. The maximum atomic E-state index is 11.2. The van der Waals surface area contributed by atoms with E-state index in [2.05, 4.69) is 37.2 Å². The topological polar surface area (TPSA) is 58.6 Å². The number of anilines is 1. The standard InChI is InChI=1S/C15H13Br2NO3/c1-8(19)18-14-11(16)7-10(15(20)13(14)17)9-5-3-4-6-12(9)21-2/h3-7,20H,1-2H3,(H,18,19). The first-order chi connectivity index (χ1) is 9.95. The first kappa shape index (κ1) is 15.9. The van der Waals surface area contributed by atoms with Gasteiger partial charge in [-0.2, -0.15) is 0 Å². The molecule has 1 amide bonds. The molecule has 6 heteroatoms. The molecule has 0 unspecified atom stereocenters. The minimum Gasteiger partial charge on any atom is -0.506 e. The normalized spacial score (nSPS) is 10.3. The van der Waals surface area contributed by atoms with Crippen molar-refractivity contribution in [2.24, 2.45) is 0 Å². The average Bonchev–Trinajstić information content (AvgIpc) is 2.47. The molecule has 0 radical (unpaired) electrons. The van der Waals surface area contributed by atoms with Crippen LogP contribution in [0.15, 0.2) is 39.3 Å². The molecule has 0 heterocycles. The lowest BCUT2D eigenvalue weighted by molar-refractivity contribution is -0.114. The van der Waals surface area contributed by atoms with Crippen molar-refractivity contribution in [2.75, 3.05) is 12.4 Å². The zero-order chi connectivity index (χ0) is 15.6. The molecule has 0 atom stereocenters. The number of para-hydroxylation sites is 1. The summed E-state index contributed by atoms with van der Waals surface area (Å²) in [6.07, 6.45) is 0. The van der Waals surface area contributed by atoms with Crippen LogP contribution in [0.3, 0.4) is 0 Å². The lowest BCUT2D eigenvalue weighted by atomic mass is 10.0. The monoisotopic (exact) mass is 413 g/mol. The number of nitrogens with one attached hydrogen (secondary N) is 1. The minimum absolute atomic E-state index is 0.0338. The van der Waals surface area contributed by atoms with Crippen molar-refractivity contribution in [2.45, 2.75) is 6.92 Å². The Bertz CT molecular complexity index is 702. The van der Waals surface area contributed by atoms with Crippen LogP contribution >= 0.6 is 31.9 Å². The van der Waals surface area contributed by atoms with E-state index in [1.54, 1.807) is 13.2 Å². The molecular formula is C15H13Br2NO3. The largest absolute Gasteiger partial charge is 0.506 e. The number of methoxy groups -OCH3 is 1. The average molecular weight is 415 g/mol. The Balaban J connectivity index is 2.64. The second kappa shape index (κ2) is 6.49. The number of phenols is 1. The van der Waals surface area contributed by atoms with Gasteiger partial charge in [0.2, 0.25) is 5.91 Å². The summed E-state index contributed by atoms with van der Waals surface area (Å²) in [7, 11) is 1.58. The van der Waals surface area contributed by atoms with Gasteiger partial charge in [0.15, 0.2) is 0 Å². The van der Waals surface area contributed by atoms with Gasteiger partial charge in [-0.05, 0) is 44.0 Å². The van der Waals surface area contributed by atoms with E-state index in [4.69, 9.17) is 4.74 Å². The second-order valence-corrected chi connectivity index (χ2v) is 5.97. The van der Waals surface area contributed by atoms with Crippen molar-refractivity contribution in [3.05, 3.63) is 39.3 Å². The SMILES string of the molecule is COc1ccccc1-c1cc(Br)c(NC(C)=O)c(Br)c1O. The Morgan fingerprint density at radius 2 is 1.90 bits per heavy atom. The molecule has 2 aromatic carbocycles. The Hall–Kier alpha value is -1.53. The lowest BCUT2D eigenvalue weighted by Crippen LogP contribution is -2.07. The van der Waals surface area contributed by atoms with Crippen LogP contribution in [-0.2, 0) is 4.79 Å². The maximum absolute atomic E-state index is 11.2. The molecule has 21 heavy (non-hydrogen) atoms. The number of rotatable bonds is 3. The summed E-state index contributed by atoms with van der Waals surface area (Å²) in [6.45, 7) is 1.41. The number of carbonyl (C=O) groups excluding carboxylic acids is 1. The predicted octanol–water partition coefficient (Wildman–Crippen LogP) is 4.55. The first-order valence-electron chi connectivity index (χ1n) is 6.07. The zero-order valence-electron chi connectivity index (χ0n) is 11.4. The summed E-state index contributed by atoms with van der Waals surface area (Å²) in [4.78, 5) is 11.2. The summed E-state index contributed by atoms with van der Waals surface area (Å²) in [6, 6.07) is 9.13. The third-order valence-corrected chi connectivity index (χ3v) is 4.29. The summed E-state index contributed by atoms with van der Waals surface area (Å²) in [5, 5.41) is 13.1. The molecule has 2 aromatic rings. The van der Waals surface area contributed by atoms with Gasteiger partial charge in [0.25, 0.3) is 0 Å². The van der Waals surface area contributed by atoms with Gasteiger partial charge >= 0.3 is 0 Å². The Kier molecular flexibility index (Phi) is 4.90. The van der Waals surface area contributed by atoms with E-state index in [1.807, 2.05) is 24.3 Å². The minimum atomic E-state index is -0.221. The molecular weight excluding hydrogens is 402 g/mol. The summed E-state index contributed by atoms with van der Waals surface area (Å²) in [5.74, 6) is 0.464. The molecule has 0 saturated carbocycles. The third-order valence-electron chi connectivity index (χ3n) is 2.89. The summed E-state index contributed by atoms with van der Waals surface area (Å²) < 4.78 is 6.38. The van der Waals surface area contributed by atoms with E-state index in [0.29, 0.717) is 25.9 Å². The molecule has 0 saturated heterocycles. The van der Waals surface area contributed by atoms with Gasteiger partial charge in [-0.3, -0.25) is 4.79 Å². The van der Waals surface area contributed by atoms with Crippen molar-refractivity contribution in [3.63, 3.8) is 0 Å². The van der Waals surface area contributed by atoms with Crippen LogP contribution in [0.1, 0.15) is 6.92 Å². The number of amides is 1. The highest BCUT2D eigenvalue weighted by molar-refractivity contribution is 9.11. The fraction of sp³-hybridized carbons (Fsp3) is 0.133. The molecule has 2 rings (SSSR count). The van der Waals surface area contributed by atoms with Crippen LogP contribution < -0.4 is 10.1 Å².